The summed E-state index contributed by atoms with van der Waals surface area (Å²) in [4.78, 5) is 26.0. The molecule has 3 aromatic carbocycles. The first kappa shape index (κ1) is 19.8. The Bertz CT molecular complexity index is 1030. The Morgan fingerprint density at radius 2 is 1.70 bits per heavy atom. The molecule has 1 heterocycles. The largest absolute Gasteiger partial charge is 0.368 e. The van der Waals surface area contributed by atoms with E-state index in [1.807, 2.05) is 54.6 Å². The van der Waals surface area contributed by atoms with Crippen LogP contribution in [0.25, 0.3) is 0 Å². The number of carbonyl (C=O) groups excluding carboxylic acids is 1. The van der Waals surface area contributed by atoms with Gasteiger partial charge >= 0.3 is 0 Å². The van der Waals surface area contributed by atoms with Gasteiger partial charge in [0.2, 0.25) is 0 Å². The maximum absolute atomic E-state index is 12.9. The van der Waals surface area contributed by atoms with Crippen LogP contribution in [-0.4, -0.2) is 23.3 Å². The van der Waals surface area contributed by atoms with Crippen molar-refractivity contribution in [2.45, 2.75) is 31.7 Å². The molecular formula is C25H24N2O3. The zero-order chi connectivity index (χ0) is 20.9. The molecule has 0 radical (unpaired) electrons. The Hall–Kier alpha value is -3.47. The fourth-order valence-corrected chi connectivity index (χ4v) is 4.21. The van der Waals surface area contributed by atoms with Crippen molar-refractivity contribution in [2.75, 3.05) is 11.4 Å². The Kier molecular flexibility index (Phi) is 5.89. The van der Waals surface area contributed by atoms with Gasteiger partial charge in [-0.15, -0.1) is 0 Å². The molecule has 1 aliphatic rings. The van der Waals surface area contributed by atoms with Gasteiger partial charge in [0.25, 0.3) is 5.69 Å². The minimum absolute atomic E-state index is 0.0791. The van der Waals surface area contributed by atoms with E-state index in [2.05, 4.69) is 17.0 Å². The second-order valence-electron chi connectivity index (χ2n) is 7.68. The van der Waals surface area contributed by atoms with Crippen molar-refractivity contribution in [3.05, 3.63) is 106 Å². The van der Waals surface area contributed by atoms with E-state index in [-0.39, 0.29) is 22.4 Å². The van der Waals surface area contributed by atoms with Crippen LogP contribution in [0, 0.1) is 10.1 Å². The lowest BCUT2D eigenvalue weighted by Gasteiger charge is -2.39. The highest BCUT2D eigenvalue weighted by Crippen LogP contribution is 2.35. The van der Waals surface area contributed by atoms with E-state index >= 15 is 0 Å². The molecule has 152 valence electrons. The first-order chi connectivity index (χ1) is 14.6. The van der Waals surface area contributed by atoms with E-state index in [9.17, 15) is 14.9 Å². The van der Waals surface area contributed by atoms with Gasteiger partial charge < -0.3 is 4.90 Å². The molecule has 0 aromatic heterocycles. The minimum atomic E-state index is -0.348. The number of anilines is 1. The summed E-state index contributed by atoms with van der Waals surface area (Å²) in [7, 11) is 0. The number of ketones is 1. The van der Waals surface area contributed by atoms with Crippen LogP contribution < -0.4 is 4.90 Å². The molecule has 0 N–H and O–H groups in total. The summed E-state index contributed by atoms with van der Waals surface area (Å²) in [6.07, 6.45) is 2.84. The third-order valence-electron chi connectivity index (χ3n) is 5.77. The van der Waals surface area contributed by atoms with E-state index in [4.69, 9.17) is 0 Å². The summed E-state index contributed by atoms with van der Waals surface area (Å²) in [5.74, 6) is 0.135. The molecule has 5 heteroatoms. The van der Waals surface area contributed by atoms with Crippen LogP contribution in [0.1, 0.15) is 34.3 Å². The number of non-ortho nitro benzene ring substituents is 1. The Labute approximate surface area is 176 Å². The molecule has 1 atom stereocenters. The van der Waals surface area contributed by atoms with Gasteiger partial charge in [0.15, 0.2) is 5.78 Å². The molecule has 3 aromatic rings. The standard InChI is InChI=1S/C25H24N2O3/c28-25(20-9-5-2-6-10-20)18-22-12-11-21-17-23(27(29)30)13-14-24(21)26(22)16-15-19-7-3-1-4-8-19/h1-10,13-14,17,22H,11-12,15-16,18H2. The van der Waals surface area contributed by atoms with Crippen LogP contribution in [-0.2, 0) is 12.8 Å². The first-order valence-corrected chi connectivity index (χ1v) is 10.3. The van der Waals surface area contributed by atoms with Crippen LogP contribution in [0.5, 0.6) is 0 Å². The SMILES string of the molecule is O=C(CC1CCc2cc([N+](=O)[O-])ccc2N1CCc1ccccc1)c1ccccc1. The maximum Gasteiger partial charge on any atom is 0.269 e. The summed E-state index contributed by atoms with van der Waals surface area (Å²) in [6, 6.07) is 24.8. The third-order valence-corrected chi connectivity index (χ3v) is 5.77. The van der Waals surface area contributed by atoms with E-state index in [0.717, 1.165) is 42.6 Å². The van der Waals surface area contributed by atoms with E-state index in [0.29, 0.717) is 6.42 Å². The van der Waals surface area contributed by atoms with Crippen LogP contribution in [0.3, 0.4) is 0 Å². The van der Waals surface area contributed by atoms with Gasteiger partial charge in [-0.25, -0.2) is 0 Å². The van der Waals surface area contributed by atoms with Gasteiger partial charge in [0, 0.05) is 42.4 Å². The average Bonchev–Trinajstić information content (AvgIpc) is 2.79. The van der Waals surface area contributed by atoms with Gasteiger partial charge in [0.05, 0.1) is 4.92 Å². The first-order valence-electron chi connectivity index (χ1n) is 10.3. The van der Waals surface area contributed by atoms with Gasteiger partial charge in [0.1, 0.15) is 0 Å². The lowest BCUT2D eigenvalue weighted by molar-refractivity contribution is -0.384. The van der Waals surface area contributed by atoms with Crippen molar-refractivity contribution in [1.82, 2.24) is 0 Å². The highest BCUT2D eigenvalue weighted by molar-refractivity contribution is 5.96. The number of hydrogen-bond acceptors (Lipinski definition) is 4. The number of rotatable bonds is 7. The van der Waals surface area contributed by atoms with E-state index in [1.54, 1.807) is 12.1 Å². The number of Topliss-reactive ketones (excluding diaryl/α,β-unsaturated/α-hetero) is 1. The maximum atomic E-state index is 12.9. The zero-order valence-electron chi connectivity index (χ0n) is 16.7. The topological polar surface area (TPSA) is 63.4 Å². The van der Waals surface area contributed by atoms with Gasteiger partial charge in [-0.3, -0.25) is 14.9 Å². The highest BCUT2D eigenvalue weighted by Gasteiger charge is 2.29. The number of nitro benzene ring substituents is 1. The number of hydrogen-bond donors (Lipinski definition) is 0. The van der Waals surface area contributed by atoms with Gasteiger partial charge in [-0.2, -0.15) is 0 Å². The van der Waals surface area contributed by atoms with Crippen molar-refractivity contribution < 1.29 is 9.72 Å². The monoisotopic (exact) mass is 400 g/mol. The number of aryl methyl sites for hydroxylation is 1. The Morgan fingerprint density at radius 3 is 2.40 bits per heavy atom. The summed E-state index contributed by atoms with van der Waals surface area (Å²) in [6.45, 7) is 0.765. The summed E-state index contributed by atoms with van der Waals surface area (Å²) in [5, 5.41) is 11.2. The molecule has 30 heavy (non-hydrogen) atoms. The average molecular weight is 400 g/mol. The highest BCUT2D eigenvalue weighted by atomic mass is 16.6. The van der Waals surface area contributed by atoms with Crippen LogP contribution in [0.15, 0.2) is 78.9 Å². The van der Waals surface area contributed by atoms with Gasteiger partial charge in [-0.05, 0) is 36.5 Å². The third kappa shape index (κ3) is 4.40. The molecule has 0 amide bonds. The molecule has 1 unspecified atom stereocenters. The molecule has 5 nitrogen and oxygen atoms in total. The lowest BCUT2D eigenvalue weighted by atomic mass is 9.90. The molecule has 4 rings (SSSR count). The fourth-order valence-electron chi connectivity index (χ4n) is 4.21. The quantitative estimate of drug-likeness (QED) is 0.309. The van der Waals surface area contributed by atoms with Crippen molar-refractivity contribution in [2.24, 2.45) is 0 Å². The van der Waals surface area contributed by atoms with Gasteiger partial charge in [-0.1, -0.05) is 60.7 Å². The van der Waals surface area contributed by atoms with Crippen molar-refractivity contribution in [3.63, 3.8) is 0 Å². The molecule has 0 saturated carbocycles. The van der Waals surface area contributed by atoms with Crippen molar-refractivity contribution in [3.8, 4) is 0 Å². The number of nitrogens with zero attached hydrogens (tertiary/aromatic N) is 2. The van der Waals surface area contributed by atoms with Crippen LogP contribution in [0.2, 0.25) is 0 Å². The predicted molar refractivity (Wildman–Crippen MR) is 118 cm³/mol. The number of nitro groups is 1. The van der Waals surface area contributed by atoms with E-state index in [1.165, 1.54) is 5.56 Å². The molecule has 0 aliphatic carbocycles. The second kappa shape index (κ2) is 8.91. The smallest absolute Gasteiger partial charge is 0.269 e. The predicted octanol–water partition coefficient (Wildman–Crippen LogP) is 5.23. The fraction of sp³-hybridized carbons (Fsp3) is 0.240. The summed E-state index contributed by atoms with van der Waals surface area (Å²) >= 11 is 0. The van der Waals surface area contributed by atoms with Crippen molar-refractivity contribution >= 4 is 17.2 Å². The normalized spacial score (nSPS) is 15.5. The molecule has 0 bridgehead atoms. The second-order valence-corrected chi connectivity index (χ2v) is 7.68. The minimum Gasteiger partial charge on any atom is -0.368 e. The summed E-state index contributed by atoms with van der Waals surface area (Å²) < 4.78 is 0. The zero-order valence-corrected chi connectivity index (χ0v) is 16.7. The molecule has 0 spiro atoms. The number of carbonyl (C=O) groups is 1. The van der Waals surface area contributed by atoms with E-state index < -0.39 is 0 Å². The molecule has 0 fully saturated rings. The number of fused-ring (bicyclic) bond motifs is 1. The van der Waals surface area contributed by atoms with Crippen LogP contribution in [0.4, 0.5) is 11.4 Å². The lowest BCUT2D eigenvalue weighted by Crippen LogP contribution is -2.42. The molecule has 0 saturated heterocycles. The summed E-state index contributed by atoms with van der Waals surface area (Å²) in [5.41, 5.74) is 4.08. The molecule has 1 aliphatic heterocycles. The molecular weight excluding hydrogens is 376 g/mol. The number of benzene rings is 3. The Morgan fingerprint density at radius 1 is 1.00 bits per heavy atom. The van der Waals surface area contributed by atoms with Crippen molar-refractivity contribution in [1.29, 1.82) is 0 Å². The Balaban J connectivity index is 1.59. The van der Waals surface area contributed by atoms with Crippen LogP contribution >= 0.6 is 0 Å².